The predicted octanol–water partition coefficient (Wildman–Crippen LogP) is -0.0457. The fourth-order valence-electron chi connectivity index (χ4n) is 2.70. The quantitative estimate of drug-likeness (QED) is 0.719. The highest BCUT2D eigenvalue weighted by atomic mass is 19.1. The number of methoxy groups -OCH3 is 1. The van der Waals surface area contributed by atoms with E-state index in [0.29, 0.717) is 26.2 Å². The lowest BCUT2D eigenvalue weighted by Crippen LogP contribution is -2.49. The summed E-state index contributed by atoms with van der Waals surface area (Å²) in [6.45, 7) is 3.00. The highest BCUT2D eigenvalue weighted by Crippen LogP contribution is 2.17. The topological polar surface area (TPSA) is 87.9 Å². The maximum absolute atomic E-state index is 13.0. The number of rotatable bonds is 7. The van der Waals surface area contributed by atoms with Crippen molar-refractivity contribution in [2.75, 3.05) is 51.3 Å². The van der Waals surface area contributed by atoms with Crippen LogP contribution in [-0.2, 0) is 14.3 Å². The summed E-state index contributed by atoms with van der Waals surface area (Å²) >= 11 is 0. The van der Waals surface area contributed by atoms with E-state index >= 15 is 0 Å². The molecule has 2 rings (SSSR count). The Morgan fingerprint density at radius 3 is 2.48 bits per heavy atom. The Bertz CT molecular complexity index is 574. The number of hydrogen-bond donors (Lipinski definition) is 2. The van der Waals surface area contributed by atoms with E-state index in [4.69, 9.17) is 10.5 Å². The van der Waals surface area contributed by atoms with Gasteiger partial charge in [-0.3, -0.25) is 9.59 Å². The van der Waals surface area contributed by atoms with Crippen LogP contribution in [0.5, 0.6) is 0 Å². The Morgan fingerprint density at radius 1 is 1.24 bits per heavy atom. The van der Waals surface area contributed by atoms with Crippen LogP contribution in [0.15, 0.2) is 24.3 Å². The van der Waals surface area contributed by atoms with Crippen LogP contribution in [-0.4, -0.2) is 69.2 Å². The van der Waals surface area contributed by atoms with Crippen molar-refractivity contribution in [3.63, 3.8) is 0 Å². The van der Waals surface area contributed by atoms with Gasteiger partial charge in [-0.15, -0.1) is 0 Å². The van der Waals surface area contributed by atoms with Crippen molar-refractivity contribution in [1.82, 2.24) is 10.2 Å². The van der Waals surface area contributed by atoms with Gasteiger partial charge in [0.25, 0.3) is 0 Å². The zero-order valence-corrected chi connectivity index (χ0v) is 14.4. The molecule has 0 saturated carbocycles. The Labute approximate surface area is 146 Å². The highest BCUT2D eigenvalue weighted by Gasteiger charge is 2.21. The number of hydrogen-bond acceptors (Lipinski definition) is 5. The second-order valence-corrected chi connectivity index (χ2v) is 5.95. The molecule has 1 saturated heterocycles. The van der Waals surface area contributed by atoms with Crippen LogP contribution in [0.2, 0.25) is 0 Å². The lowest BCUT2D eigenvalue weighted by atomic mass is 10.2. The fourth-order valence-corrected chi connectivity index (χ4v) is 2.70. The van der Waals surface area contributed by atoms with E-state index in [2.05, 4.69) is 10.2 Å². The van der Waals surface area contributed by atoms with Gasteiger partial charge in [0, 0.05) is 51.9 Å². The van der Waals surface area contributed by atoms with Gasteiger partial charge in [-0.05, 0) is 24.3 Å². The molecule has 1 unspecified atom stereocenters. The largest absolute Gasteiger partial charge is 0.383 e. The molecule has 7 nitrogen and oxygen atoms in total. The zero-order chi connectivity index (χ0) is 18.2. The van der Waals surface area contributed by atoms with Crippen molar-refractivity contribution in [2.45, 2.75) is 12.5 Å². The van der Waals surface area contributed by atoms with Gasteiger partial charge in [-0.25, -0.2) is 4.39 Å². The summed E-state index contributed by atoms with van der Waals surface area (Å²) in [5, 5.41) is 2.64. The summed E-state index contributed by atoms with van der Waals surface area (Å²) < 4.78 is 17.8. The molecule has 0 aromatic heterocycles. The fraction of sp³-hybridized carbons (Fsp3) is 0.529. The molecule has 0 spiro atoms. The lowest BCUT2D eigenvalue weighted by Gasteiger charge is -2.36. The average Bonchev–Trinajstić information content (AvgIpc) is 2.62. The van der Waals surface area contributed by atoms with Gasteiger partial charge in [0.05, 0.1) is 6.61 Å². The molecule has 8 heteroatoms. The standard InChI is InChI=1S/C17H25FN4O3/c1-25-12-15(19)17(24)20-7-6-16(23)22-10-8-21(9-11-22)14-4-2-13(18)3-5-14/h2-5,15H,6-12,19H2,1H3,(H,20,24). The molecule has 0 aliphatic carbocycles. The molecule has 1 heterocycles. The lowest BCUT2D eigenvalue weighted by molar-refractivity contribution is -0.131. The second-order valence-electron chi connectivity index (χ2n) is 5.95. The molecule has 1 aromatic carbocycles. The minimum Gasteiger partial charge on any atom is -0.383 e. The molecule has 0 bridgehead atoms. The Balaban J connectivity index is 1.70. The first-order chi connectivity index (χ1) is 12.0. The number of nitrogens with zero attached hydrogens (tertiary/aromatic N) is 2. The molecule has 25 heavy (non-hydrogen) atoms. The van der Waals surface area contributed by atoms with E-state index in [1.807, 2.05) is 0 Å². The first-order valence-corrected chi connectivity index (χ1v) is 8.32. The van der Waals surface area contributed by atoms with Crippen LogP contribution in [0.4, 0.5) is 10.1 Å². The normalized spacial score (nSPS) is 15.8. The van der Waals surface area contributed by atoms with Gasteiger partial charge in [0.2, 0.25) is 11.8 Å². The Kier molecular flexibility index (Phi) is 7.15. The molecule has 1 atom stereocenters. The Hall–Kier alpha value is -2.19. The van der Waals surface area contributed by atoms with Gasteiger partial charge in [0.1, 0.15) is 11.9 Å². The van der Waals surface area contributed by atoms with E-state index in [9.17, 15) is 14.0 Å². The molecule has 138 valence electrons. The second kappa shape index (κ2) is 9.33. The smallest absolute Gasteiger partial charge is 0.239 e. The number of nitrogens with one attached hydrogen (secondary N) is 1. The maximum Gasteiger partial charge on any atom is 0.239 e. The van der Waals surface area contributed by atoms with Crippen LogP contribution in [0, 0.1) is 5.82 Å². The third kappa shape index (κ3) is 5.68. The number of amides is 2. The number of halogens is 1. The number of carbonyl (C=O) groups excluding carboxylic acids is 2. The number of benzene rings is 1. The van der Waals surface area contributed by atoms with Gasteiger partial charge in [-0.1, -0.05) is 0 Å². The molecular formula is C17H25FN4O3. The Morgan fingerprint density at radius 2 is 1.88 bits per heavy atom. The summed E-state index contributed by atoms with van der Waals surface area (Å²) in [6.07, 6.45) is 0.238. The van der Waals surface area contributed by atoms with Crippen molar-refractivity contribution in [3.8, 4) is 0 Å². The number of nitrogens with two attached hydrogens (primary N) is 1. The zero-order valence-electron chi connectivity index (χ0n) is 14.4. The number of anilines is 1. The average molecular weight is 352 g/mol. The molecule has 1 aliphatic rings. The first kappa shape index (κ1) is 19.1. The van der Waals surface area contributed by atoms with Crippen molar-refractivity contribution in [3.05, 3.63) is 30.1 Å². The monoisotopic (exact) mass is 352 g/mol. The van der Waals surface area contributed by atoms with Crippen molar-refractivity contribution < 1.29 is 18.7 Å². The van der Waals surface area contributed by atoms with Crippen molar-refractivity contribution >= 4 is 17.5 Å². The summed E-state index contributed by atoms with van der Waals surface area (Å²) in [7, 11) is 1.47. The molecule has 1 aliphatic heterocycles. The SMILES string of the molecule is COCC(N)C(=O)NCCC(=O)N1CCN(c2ccc(F)cc2)CC1. The maximum atomic E-state index is 13.0. The van der Waals surface area contributed by atoms with Gasteiger partial charge < -0.3 is 25.6 Å². The summed E-state index contributed by atoms with van der Waals surface area (Å²) in [5.41, 5.74) is 6.56. The van der Waals surface area contributed by atoms with Gasteiger partial charge in [0.15, 0.2) is 0 Å². The molecule has 1 aromatic rings. The summed E-state index contributed by atoms with van der Waals surface area (Å²) in [4.78, 5) is 27.8. The van der Waals surface area contributed by atoms with E-state index in [-0.39, 0.29) is 37.2 Å². The molecule has 0 radical (unpaired) electrons. The van der Waals surface area contributed by atoms with Crippen molar-refractivity contribution in [1.29, 1.82) is 0 Å². The minimum absolute atomic E-state index is 0.000584. The molecular weight excluding hydrogens is 327 g/mol. The van der Waals surface area contributed by atoms with E-state index in [0.717, 1.165) is 5.69 Å². The third-order valence-electron chi connectivity index (χ3n) is 4.15. The molecule has 1 fully saturated rings. The van der Waals surface area contributed by atoms with Crippen molar-refractivity contribution in [2.24, 2.45) is 5.73 Å². The number of ether oxygens (including phenoxy) is 1. The summed E-state index contributed by atoms with van der Waals surface area (Å²) in [5.74, 6) is -0.583. The molecule has 3 N–H and O–H groups in total. The highest BCUT2D eigenvalue weighted by molar-refractivity contribution is 5.82. The third-order valence-corrected chi connectivity index (χ3v) is 4.15. The predicted molar refractivity (Wildman–Crippen MR) is 92.7 cm³/mol. The minimum atomic E-state index is -0.723. The van der Waals surface area contributed by atoms with E-state index in [1.165, 1.54) is 19.2 Å². The van der Waals surface area contributed by atoms with Gasteiger partial charge >= 0.3 is 0 Å². The van der Waals surface area contributed by atoms with Crippen LogP contribution < -0.4 is 16.0 Å². The van der Waals surface area contributed by atoms with Gasteiger partial charge in [-0.2, -0.15) is 0 Å². The number of carbonyl (C=O) groups is 2. The number of piperazine rings is 1. The van der Waals surface area contributed by atoms with Crippen LogP contribution in [0.3, 0.4) is 0 Å². The van der Waals surface area contributed by atoms with Crippen LogP contribution in [0.1, 0.15) is 6.42 Å². The van der Waals surface area contributed by atoms with Crippen LogP contribution in [0.25, 0.3) is 0 Å². The summed E-state index contributed by atoms with van der Waals surface area (Å²) in [6, 6.07) is 5.63. The van der Waals surface area contributed by atoms with E-state index in [1.54, 1.807) is 17.0 Å². The first-order valence-electron chi connectivity index (χ1n) is 8.32. The molecule has 2 amide bonds. The van der Waals surface area contributed by atoms with E-state index < -0.39 is 6.04 Å². The van der Waals surface area contributed by atoms with Crippen LogP contribution >= 0.6 is 0 Å².